The van der Waals surface area contributed by atoms with Crippen LogP contribution in [0.4, 0.5) is 11.5 Å². The topological polar surface area (TPSA) is 84.7 Å². The van der Waals surface area contributed by atoms with E-state index < -0.39 is 0 Å². The van der Waals surface area contributed by atoms with Gasteiger partial charge in [-0.3, -0.25) is 4.79 Å². The van der Waals surface area contributed by atoms with Gasteiger partial charge in [0.2, 0.25) is 5.91 Å². The van der Waals surface area contributed by atoms with Gasteiger partial charge in [-0.1, -0.05) is 15.9 Å². The molecule has 0 saturated heterocycles. The van der Waals surface area contributed by atoms with Crippen molar-refractivity contribution in [2.75, 3.05) is 17.2 Å². The quantitative estimate of drug-likeness (QED) is 0.703. The highest BCUT2D eigenvalue weighted by molar-refractivity contribution is 9.10. The molecule has 0 saturated carbocycles. The average Bonchev–Trinajstić information content (AvgIpc) is 3.02. The molecule has 2 N–H and O–H groups in total. The number of halogens is 1. The Labute approximate surface area is 147 Å². The van der Waals surface area contributed by atoms with Gasteiger partial charge in [-0.2, -0.15) is 5.10 Å². The third-order valence-electron chi connectivity index (χ3n) is 3.17. The number of amides is 1. The number of rotatable bonds is 5. The van der Waals surface area contributed by atoms with Crippen molar-refractivity contribution >= 4 is 33.3 Å². The van der Waals surface area contributed by atoms with Gasteiger partial charge in [0.15, 0.2) is 5.82 Å². The molecule has 8 heteroatoms. The Kier molecular flexibility index (Phi) is 4.85. The summed E-state index contributed by atoms with van der Waals surface area (Å²) in [6, 6.07) is 12.8. The van der Waals surface area contributed by atoms with Crippen molar-refractivity contribution in [1.82, 2.24) is 20.0 Å². The fourth-order valence-corrected chi connectivity index (χ4v) is 2.26. The number of benzene rings is 1. The first-order valence-corrected chi connectivity index (χ1v) is 8.05. The largest absolute Gasteiger partial charge is 0.360 e. The molecule has 0 bridgehead atoms. The van der Waals surface area contributed by atoms with Crippen LogP contribution in [-0.4, -0.2) is 32.4 Å². The summed E-state index contributed by atoms with van der Waals surface area (Å²) in [5, 5.41) is 18.1. The maximum atomic E-state index is 11.9. The number of hydrogen-bond donors (Lipinski definition) is 2. The number of nitrogens with zero attached hydrogens (tertiary/aromatic N) is 4. The number of hydrogen-bond acceptors (Lipinski definition) is 5. The van der Waals surface area contributed by atoms with Crippen LogP contribution in [0.2, 0.25) is 0 Å². The number of carbonyl (C=O) groups is 1. The van der Waals surface area contributed by atoms with Gasteiger partial charge in [-0.05, 0) is 49.4 Å². The predicted octanol–water partition coefficient (Wildman–Crippen LogP) is 2.78. The van der Waals surface area contributed by atoms with Crippen molar-refractivity contribution in [1.29, 1.82) is 0 Å². The predicted molar refractivity (Wildman–Crippen MR) is 95.2 cm³/mol. The molecule has 0 aliphatic carbocycles. The van der Waals surface area contributed by atoms with Crippen LogP contribution in [0, 0.1) is 6.92 Å². The lowest BCUT2D eigenvalue weighted by atomic mass is 10.3. The molecule has 0 aliphatic rings. The monoisotopic (exact) mass is 386 g/mol. The molecule has 3 aromatic rings. The Morgan fingerprint density at radius 3 is 2.54 bits per heavy atom. The van der Waals surface area contributed by atoms with Gasteiger partial charge in [-0.25, -0.2) is 4.68 Å². The Balaban J connectivity index is 1.54. The van der Waals surface area contributed by atoms with Gasteiger partial charge in [0, 0.05) is 16.4 Å². The molecule has 0 fully saturated rings. The maximum Gasteiger partial charge on any atom is 0.243 e. The van der Waals surface area contributed by atoms with Crippen LogP contribution >= 0.6 is 15.9 Å². The normalized spacial score (nSPS) is 10.4. The molecule has 1 amide bonds. The third kappa shape index (κ3) is 4.17. The summed E-state index contributed by atoms with van der Waals surface area (Å²) in [5.74, 6) is 0.979. The Bertz CT molecular complexity index is 829. The van der Waals surface area contributed by atoms with E-state index >= 15 is 0 Å². The zero-order valence-corrected chi connectivity index (χ0v) is 14.5. The summed E-state index contributed by atoms with van der Waals surface area (Å²) in [6.45, 7) is 2.01. The second kappa shape index (κ2) is 7.22. The lowest BCUT2D eigenvalue weighted by Crippen LogP contribution is -2.22. The first-order valence-electron chi connectivity index (χ1n) is 7.26. The van der Waals surface area contributed by atoms with Gasteiger partial charge < -0.3 is 10.6 Å². The van der Waals surface area contributed by atoms with Gasteiger partial charge in [0.1, 0.15) is 5.82 Å². The number of nitrogens with one attached hydrogen (secondary N) is 2. The third-order valence-corrected chi connectivity index (χ3v) is 3.69. The number of aromatic nitrogens is 4. The van der Waals surface area contributed by atoms with Crippen molar-refractivity contribution in [3.8, 4) is 5.82 Å². The van der Waals surface area contributed by atoms with E-state index in [1.807, 2.05) is 43.5 Å². The molecule has 24 heavy (non-hydrogen) atoms. The van der Waals surface area contributed by atoms with Gasteiger partial charge in [0.25, 0.3) is 0 Å². The lowest BCUT2D eigenvalue weighted by Gasteiger charge is -2.07. The number of anilines is 2. The first-order chi connectivity index (χ1) is 11.6. The highest BCUT2D eigenvalue weighted by Crippen LogP contribution is 2.14. The molecule has 3 rings (SSSR count). The molecule has 0 spiro atoms. The molecular weight excluding hydrogens is 372 g/mol. The SMILES string of the molecule is Cc1ccn(-c2ccc(NCC(=O)Nc3ccc(Br)cc3)nn2)n1. The zero-order valence-electron chi connectivity index (χ0n) is 12.9. The molecule has 2 aromatic heterocycles. The van der Waals surface area contributed by atoms with Crippen molar-refractivity contribution in [2.45, 2.75) is 6.92 Å². The zero-order chi connectivity index (χ0) is 16.9. The minimum atomic E-state index is -0.161. The van der Waals surface area contributed by atoms with E-state index in [0.717, 1.165) is 15.9 Å². The summed E-state index contributed by atoms with van der Waals surface area (Å²) >= 11 is 3.35. The van der Waals surface area contributed by atoms with Crippen LogP contribution < -0.4 is 10.6 Å². The number of carbonyl (C=O) groups excluding carboxylic acids is 1. The Hall–Kier alpha value is -2.74. The smallest absolute Gasteiger partial charge is 0.243 e. The van der Waals surface area contributed by atoms with Crippen LogP contribution in [0.25, 0.3) is 5.82 Å². The van der Waals surface area contributed by atoms with Crippen LogP contribution in [-0.2, 0) is 4.79 Å². The van der Waals surface area contributed by atoms with Crippen LogP contribution in [0.5, 0.6) is 0 Å². The highest BCUT2D eigenvalue weighted by atomic mass is 79.9. The second-order valence-electron chi connectivity index (χ2n) is 5.09. The summed E-state index contributed by atoms with van der Waals surface area (Å²) in [7, 11) is 0. The maximum absolute atomic E-state index is 11.9. The van der Waals surface area contributed by atoms with E-state index in [9.17, 15) is 4.79 Å². The molecule has 7 nitrogen and oxygen atoms in total. The summed E-state index contributed by atoms with van der Waals surface area (Å²) in [5.41, 5.74) is 1.64. The fraction of sp³-hybridized carbons (Fsp3) is 0.125. The molecular formula is C16H15BrN6O. The van der Waals surface area contributed by atoms with Crippen LogP contribution in [0.3, 0.4) is 0 Å². The van der Waals surface area contributed by atoms with E-state index in [1.165, 1.54) is 0 Å². The highest BCUT2D eigenvalue weighted by Gasteiger charge is 2.05. The van der Waals surface area contributed by atoms with Crippen LogP contribution in [0.15, 0.2) is 53.1 Å². The minimum Gasteiger partial charge on any atom is -0.360 e. The molecule has 0 unspecified atom stereocenters. The van der Waals surface area contributed by atoms with E-state index in [-0.39, 0.29) is 12.5 Å². The Morgan fingerprint density at radius 1 is 1.12 bits per heavy atom. The summed E-state index contributed by atoms with van der Waals surface area (Å²) < 4.78 is 2.60. The first kappa shape index (κ1) is 16.1. The molecule has 0 aliphatic heterocycles. The molecule has 2 heterocycles. The minimum absolute atomic E-state index is 0.102. The molecule has 1 aromatic carbocycles. The lowest BCUT2D eigenvalue weighted by molar-refractivity contribution is -0.114. The molecule has 0 radical (unpaired) electrons. The van der Waals surface area contributed by atoms with Crippen molar-refractivity contribution in [2.24, 2.45) is 0 Å². The van der Waals surface area contributed by atoms with Crippen molar-refractivity contribution < 1.29 is 4.79 Å². The molecule has 122 valence electrons. The Morgan fingerprint density at radius 2 is 1.92 bits per heavy atom. The van der Waals surface area contributed by atoms with Gasteiger partial charge in [-0.15, -0.1) is 10.2 Å². The van der Waals surface area contributed by atoms with E-state index in [1.54, 1.807) is 16.8 Å². The van der Waals surface area contributed by atoms with Crippen molar-refractivity contribution in [3.63, 3.8) is 0 Å². The van der Waals surface area contributed by atoms with Gasteiger partial charge in [0.05, 0.1) is 12.2 Å². The fourth-order valence-electron chi connectivity index (χ4n) is 1.99. The second-order valence-corrected chi connectivity index (χ2v) is 6.00. The van der Waals surface area contributed by atoms with Crippen LogP contribution in [0.1, 0.15) is 5.69 Å². The average molecular weight is 387 g/mol. The van der Waals surface area contributed by atoms with Gasteiger partial charge >= 0.3 is 0 Å². The summed E-state index contributed by atoms with van der Waals surface area (Å²) in [6.07, 6.45) is 1.82. The standard InChI is InChI=1S/C16H15BrN6O/c1-11-8-9-23(22-11)15-7-6-14(20-21-15)18-10-16(24)19-13-4-2-12(17)3-5-13/h2-9H,10H2,1H3,(H,18,20)(H,19,24). The number of aryl methyl sites for hydroxylation is 1. The summed E-state index contributed by atoms with van der Waals surface area (Å²) in [4.78, 5) is 11.9. The van der Waals surface area contributed by atoms with E-state index in [4.69, 9.17) is 0 Å². The van der Waals surface area contributed by atoms with E-state index in [0.29, 0.717) is 11.6 Å². The molecule has 0 atom stereocenters. The van der Waals surface area contributed by atoms with Crippen molar-refractivity contribution in [3.05, 3.63) is 58.8 Å². The van der Waals surface area contributed by atoms with E-state index in [2.05, 4.69) is 41.9 Å².